The second-order valence-electron chi connectivity index (χ2n) is 3.52. The molecule has 0 bridgehead atoms. The van der Waals surface area contributed by atoms with E-state index in [-0.39, 0.29) is 0 Å². The number of H-pyrrole nitrogens is 1. The predicted octanol–water partition coefficient (Wildman–Crippen LogP) is 2.04. The molecule has 0 radical (unpaired) electrons. The summed E-state index contributed by atoms with van der Waals surface area (Å²) in [4.78, 5) is 0. The molecular weight excluding hydrogens is 218 g/mol. The Labute approximate surface area is 99.8 Å². The first-order chi connectivity index (χ1) is 8.33. The normalized spacial score (nSPS) is 10.0. The van der Waals surface area contributed by atoms with Crippen molar-refractivity contribution in [2.75, 3.05) is 19.5 Å². The number of nitrogens with zero attached hydrogens (tertiary/aromatic N) is 1. The zero-order valence-corrected chi connectivity index (χ0v) is 9.86. The summed E-state index contributed by atoms with van der Waals surface area (Å²) in [5.74, 6) is 1.65. The number of aromatic amines is 1. The molecule has 2 N–H and O–H groups in total. The standard InChI is InChI=1S/C12H15N3O2/c1-16-11-3-4-12(17-2)9(5-11)6-13-10-7-14-15-8-10/h3-5,7-8,13H,6H2,1-2H3,(H,14,15). The van der Waals surface area contributed by atoms with Gasteiger partial charge in [-0.2, -0.15) is 5.10 Å². The molecule has 5 heteroatoms. The molecule has 0 aliphatic rings. The van der Waals surface area contributed by atoms with Crippen molar-refractivity contribution in [2.45, 2.75) is 6.54 Å². The molecule has 2 aromatic rings. The van der Waals surface area contributed by atoms with Crippen molar-refractivity contribution >= 4 is 5.69 Å². The molecule has 0 atom stereocenters. The number of hydrogen-bond acceptors (Lipinski definition) is 4. The van der Waals surface area contributed by atoms with E-state index in [1.807, 2.05) is 18.2 Å². The first-order valence-corrected chi connectivity index (χ1v) is 5.27. The zero-order chi connectivity index (χ0) is 12.1. The number of aromatic nitrogens is 2. The van der Waals surface area contributed by atoms with Gasteiger partial charge in [-0.15, -0.1) is 0 Å². The molecule has 2 rings (SSSR count). The molecule has 1 aromatic heterocycles. The van der Waals surface area contributed by atoms with Crippen molar-refractivity contribution in [3.05, 3.63) is 36.2 Å². The van der Waals surface area contributed by atoms with Crippen molar-refractivity contribution in [1.29, 1.82) is 0 Å². The summed E-state index contributed by atoms with van der Waals surface area (Å²) in [7, 11) is 3.30. The van der Waals surface area contributed by atoms with Crippen LogP contribution in [0, 0.1) is 0 Å². The summed E-state index contributed by atoms with van der Waals surface area (Å²) < 4.78 is 10.5. The summed E-state index contributed by atoms with van der Waals surface area (Å²) >= 11 is 0. The van der Waals surface area contributed by atoms with E-state index < -0.39 is 0 Å². The van der Waals surface area contributed by atoms with Gasteiger partial charge in [0.05, 0.1) is 26.1 Å². The summed E-state index contributed by atoms with van der Waals surface area (Å²) in [6.45, 7) is 0.653. The molecule has 0 saturated heterocycles. The average molecular weight is 233 g/mol. The van der Waals surface area contributed by atoms with Crippen LogP contribution in [-0.4, -0.2) is 24.4 Å². The maximum Gasteiger partial charge on any atom is 0.124 e. The third-order valence-electron chi connectivity index (χ3n) is 2.47. The van der Waals surface area contributed by atoms with Crippen molar-refractivity contribution in [3.8, 4) is 11.5 Å². The molecule has 0 saturated carbocycles. The van der Waals surface area contributed by atoms with Gasteiger partial charge in [0, 0.05) is 18.3 Å². The maximum atomic E-state index is 5.30. The van der Waals surface area contributed by atoms with Crippen LogP contribution < -0.4 is 14.8 Å². The fourth-order valence-electron chi connectivity index (χ4n) is 1.56. The number of ether oxygens (including phenoxy) is 2. The van der Waals surface area contributed by atoms with Crippen molar-refractivity contribution in [1.82, 2.24) is 10.2 Å². The third kappa shape index (κ3) is 2.69. The summed E-state index contributed by atoms with van der Waals surface area (Å²) in [6, 6.07) is 5.72. The molecule has 0 fully saturated rings. The van der Waals surface area contributed by atoms with Gasteiger partial charge >= 0.3 is 0 Å². The lowest BCUT2D eigenvalue weighted by Gasteiger charge is -2.11. The van der Waals surface area contributed by atoms with Gasteiger partial charge in [0.25, 0.3) is 0 Å². The van der Waals surface area contributed by atoms with E-state index in [1.165, 1.54) is 0 Å². The lowest BCUT2D eigenvalue weighted by molar-refractivity contribution is 0.399. The van der Waals surface area contributed by atoms with Crippen LogP contribution in [-0.2, 0) is 6.54 Å². The largest absolute Gasteiger partial charge is 0.497 e. The van der Waals surface area contributed by atoms with Crippen LogP contribution in [0.25, 0.3) is 0 Å². The van der Waals surface area contributed by atoms with E-state index in [2.05, 4.69) is 15.5 Å². The van der Waals surface area contributed by atoms with Crippen LogP contribution in [0.2, 0.25) is 0 Å². The lowest BCUT2D eigenvalue weighted by Crippen LogP contribution is -2.01. The Hall–Kier alpha value is -2.17. The summed E-state index contributed by atoms with van der Waals surface area (Å²) in [5, 5.41) is 9.85. The molecule has 0 unspecified atom stereocenters. The maximum absolute atomic E-state index is 5.30. The van der Waals surface area contributed by atoms with Gasteiger partial charge in [-0.05, 0) is 18.2 Å². The first kappa shape index (κ1) is 11.3. The molecule has 90 valence electrons. The second kappa shape index (κ2) is 5.25. The monoisotopic (exact) mass is 233 g/mol. The van der Waals surface area contributed by atoms with Gasteiger partial charge in [0.2, 0.25) is 0 Å². The third-order valence-corrected chi connectivity index (χ3v) is 2.47. The SMILES string of the molecule is COc1ccc(OC)c(CNc2cn[nH]c2)c1. The van der Waals surface area contributed by atoms with Crippen LogP contribution in [0.5, 0.6) is 11.5 Å². The van der Waals surface area contributed by atoms with Crippen molar-refractivity contribution in [3.63, 3.8) is 0 Å². The Bertz CT molecular complexity index is 469. The number of hydrogen-bond donors (Lipinski definition) is 2. The Balaban J connectivity index is 2.12. The molecule has 0 spiro atoms. The minimum Gasteiger partial charge on any atom is -0.497 e. The fourth-order valence-corrected chi connectivity index (χ4v) is 1.56. The zero-order valence-electron chi connectivity index (χ0n) is 9.86. The average Bonchev–Trinajstić information content (AvgIpc) is 2.89. The number of rotatable bonds is 5. The van der Waals surface area contributed by atoms with E-state index in [9.17, 15) is 0 Å². The molecule has 0 aliphatic carbocycles. The predicted molar refractivity (Wildman–Crippen MR) is 65.5 cm³/mol. The van der Waals surface area contributed by atoms with Gasteiger partial charge in [-0.3, -0.25) is 5.10 Å². The van der Waals surface area contributed by atoms with Gasteiger partial charge in [0.1, 0.15) is 11.5 Å². The minimum absolute atomic E-state index is 0.653. The highest BCUT2D eigenvalue weighted by atomic mass is 16.5. The van der Waals surface area contributed by atoms with E-state index in [0.29, 0.717) is 6.54 Å². The van der Waals surface area contributed by atoms with Gasteiger partial charge in [-0.25, -0.2) is 0 Å². The smallest absolute Gasteiger partial charge is 0.124 e. The highest BCUT2D eigenvalue weighted by molar-refractivity contribution is 5.44. The summed E-state index contributed by atoms with van der Waals surface area (Å²) in [5.41, 5.74) is 1.97. The van der Waals surface area contributed by atoms with Crippen molar-refractivity contribution < 1.29 is 9.47 Å². The van der Waals surface area contributed by atoms with Crippen LogP contribution in [0.1, 0.15) is 5.56 Å². The Kier molecular flexibility index (Phi) is 3.49. The van der Waals surface area contributed by atoms with E-state index in [1.54, 1.807) is 26.6 Å². The first-order valence-electron chi connectivity index (χ1n) is 5.27. The van der Waals surface area contributed by atoms with Gasteiger partial charge in [-0.1, -0.05) is 0 Å². The number of methoxy groups -OCH3 is 2. The molecule has 17 heavy (non-hydrogen) atoms. The van der Waals surface area contributed by atoms with E-state index in [0.717, 1.165) is 22.7 Å². The highest BCUT2D eigenvalue weighted by Gasteiger charge is 2.05. The number of nitrogens with one attached hydrogen (secondary N) is 2. The lowest BCUT2D eigenvalue weighted by atomic mass is 10.2. The van der Waals surface area contributed by atoms with Gasteiger partial charge < -0.3 is 14.8 Å². The molecule has 5 nitrogen and oxygen atoms in total. The van der Waals surface area contributed by atoms with Crippen molar-refractivity contribution in [2.24, 2.45) is 0 Å². The van der Waals surface area contributed by atoms with Crippen LogP contribution >= 0.6 is 0 Å². The molecule has 0 amide bonds. The van der Waals surface area contributed by atoms with Crippen LogP contribution in [0.15, 0.2) is 30.6 Å². The fraction of sp³-hybridized carbons (Fsp3) is 0.250. The van der Waals surface area contributed by atoms with Gasteiger partial charge in [0.15, 0.2) is 0 Å². The van der Waals surface area contributed by atoms with Crippen LogP contribution in [0.3, 0.4) is 0 Å². The molecule has 1 aromatic carbocycles. The van der Waals surface area contributed by atoms with E-state index >= 15 is 0 Å². The second-order valence-corrected chi connectivity index (χ2v) is 3.52. The number of benzene rings is 1. The Morgan fingerprint density at radius 2 is 2.18 bits per heavy atom. The minimum atomic E-state index is 0.653. The Morgan fingerprint density at radius 3 is 2.82 bits per heavy atom. The highest BCUT2D eigenvalue weighted by Crippen LogP contribution is 2.24. The number of anilines is 1. The Morgan fingerprint density at radius 1 is 1.29 bits per heavy atom. The van der Waals surface area contributed by atoms with E-state index in [4.69, 9.17) is 9.47 Å². The van der Waals surface area contributed by atoms with Crippen LogP contribution in [0.4, 0.5) is 5.69 Å². The topological polar surface area (TPSA) is 59.2 Å². The summed E-state index contributed by atoms with van der Waals surface area (Å²) in [6.07, 6.45) is 3.53. The molecule has 1 heterocycles. The quantitative estimate of drug-likeness (QED) is 0.829. The molecular formula is C12H15N3O2. The molecule has 0 aliphatic heterocycles.